The summed E-state index contributed by atoms with van der Waals surface area (Å²) in [6, 6.07) is 3.69. The van der Waals surface area contributed by atoms with Crippen molar-refractivity contribution in [2.75, 3.05) is 36.0 Å². The van der Waals surface area contributed by atoms with E-state index in [1.807, 2.05) is 0 Å². The normalized spacial score (nSPS) is 10.0. The minimum atomic E-state index is -1.36. The van der Waals surface area contributed by atoms with Crippen LogP contribution in [0.25, 0.3) is 0 Å². The molecule has 4 N–H and O–H groups in total. The fourth-order valence-electron chi connectivity index (χ4n) is 2.24. The van der Waals surface area contributed by atoms with Gasteiger partial charge in [-0.1, -0.05) is 0 Å². The zero-order valence-electron chi connectivity index (χ0n) is 13.4. The SMILES string of the molecule is O=Cc1ccc(N(CC(=O)O)CC(=O)O)c(N(CC(=O)O)CC(=O)O)c1. The predicted molar refractivity (Wildman–Crippen MR) is 86.8 cm³/mol. The minimum Gasteiger partial charge on any atom is -0.480 e. The summed E-state index contributed by atoms with van der Waals surface area (Å²) in [5.74, 6) is -5.42. The number of aliphatic carboxylic acids is 4. The van der Waals surface area contributed by atoms with E-state index < -0.39 is 50.1 Å². The molecular weight excluding hydrogens is 352 g/mol. The maximum atomic E-state index is 11.0. The second-order valence-corrected chi connectivity index (χ2v) is 5.15. The number of hydrogen-bond acceptors (Lipinski definition) is 7. The number of benzene rings is 1. The molecule has 26 heavy (non-hydrogen) atoms. The fourth-order valence-corrected chi connectivity index (χ4v) is 2.24. The van der Waals surface area contributed by atoms with Gasteiger partial charge in [0, 0.05) is 5.56 Å². The van der Waals surface area contributed by atoms with Gasteiger partial charge in [-0.05, 0) is 18.2 Å². The van der Waals surface area contributed by atoms with E-state index in [-0.39, 0.29) is 16.9 Å². The van der Waals surface area contributed by atoms with E-state index in [0.29, 0.717) is 6.29 Å². The molecule has 0 radical (unpaired) electrons. The van der Waals surface area contributed by atoms with Crippen LogP contribution >= 0.6 is 0 Å². The molecule has 0 heterocycles. The van der Waals surface area contributed by atoms with Crippen LogP contribution in [0.4, 0.5) is 11.4 Å². The molecule has 0 aliphatic heterocycles. The van der Waals surface area contributed by atoms with Crippen molar-refractivity contribution >= 4 is 41.5 Å². The van der Waals surface area contributed by atoms with Crippen LogP contribution in [0.15, 0.2) is 18.2 Å². The maximum Gasteiger partial charge on any atom is 0.323 e. The first-order valence-corrected chi connectivity index (χ1v) is 7.10. The predicted octanol–water partition coefficient (Wildman–Crippen LogP) is -0.550. The summed E-state index contributed by atoms with van der Waals surface area (Å²) < 4.78 is 0. The van der Waals surface area contributed by atoms with Gasteiger partial charge in [-0.2, -0.15) is 0 Å². The molecule has 0 amide bonds. The highest BCUT2D eigenvalue weighted by Crippen LogP contribution is 2.30. The van der Waals surface area contributed by atoms with Crippen LogP contribution in [0.3, 0.4) is 0 Å². The topological polar surface area (TPSA) is 173 Å². The molecule has 0 unspecified atom stereocenters. The van der Waals surface area contributed by atoms with Crippen molar-refractivity contribution < 1.29 is 44.4 Å². The van der Waals surface area contributed by atoms with Gasteiger partial charge in [0.2, 0.25) is 0 Å². The van der Waals surface area contributed by atoms with Gasteiger partial charge in [0.1, 0.15) is 32.5 Å². The summed E-state index contributed by atoms with van der Waals surface area (Å²) in [5.41, 5.74) is -0.0278. The third kappa shape index (κ3) is 6.11. The first kappa shape index (κ1) is 20.4. The van der Waals surface area contributed by atoms with Gasteiger partial charge in [-0.15, -0.1) is 0 Å². The molecule has 1 rings (SSSR count). The Hall–Kier alpha value is -3.63. The lowest BCUT2D eigenvalue weighted by molar-refractivity contribution is -0.138. The Bertz CT molecular complexity index is 700. The number of carboxylic acid groups (broad SMARTS) is 4. The third-order valence-electron chi connectivity index (χ3n) is 3.12. The van der Waals surface area contributed by atoms with E-state index in [2.05, 4.69) is 0 Å². The van der Waals surface area contributed by atoms with Crippen molar-refractivity contribution in [3.8, 4) is 0 Å². The summed E-state index contributed by atoms with van der Waals surface area (Å²) in [6.07, 6.45) is 0.436. The average molecular weight is 368 g/mol. The molecule has 0 fully saturated rings. The maximum absolute atomic E-state index is 11.0. The third-order valence-corrected chi connectivity index (χ3v) is 3.12. The number of rotatable bonds is 11. The van der Waals surface area contributed by atoms with E-state index in [0.717, 1.165) is 9.80 Å². The average Bonchev–Trinajstić information content (AvgIpc) is 2.51. The Morgan fingerprint density at radius 1 is 0.731 bits per heavy atom. The first-order chi connectivity index (χ1) is 12.1. The molecule has 0 aliphatic carbocycles. The molecule has 0 spiro atoms. The number of anilines is 2. The van der Waals surface area contributed by atoms with Crippen molar-refractivity contribution in [2.24, 2.45) is 0 Å². The van der Waals surface area contributed by atoms with Gasteiger partial charge in [0.15, 0.2) is 0 Å². The molecule has 0 aromatic heterocycles. The highest BCUT2D eigenvalue weighted by Gasteiger charge is 2.23. The molecule has 0 saturated heterocycles. The molecular formula is C15H16N2O9. The van der Waals surface area contributed by atoms with E-state index in [4.69, 9.17) is 20.4 Å². The Kier molecular flexibility index (Phi) is 7.08. The fraction of sp³-hybridized carbons (Fsp3) is 0.267. The molecule has 0 saturated carbocycles. The van der Waals surface area contributed by atoms with Crippen molar-refractivity contribution in [2.45, 2.75) is 0 Å². The van der Waals surface area contributed by atoms with Crippen molar-refractivity contribution in [3.05, 3.63) is 23.8 Å². The largest absolute Gasteiger partial charge is 0.480 e. The Morgan fingerprint density at radius 2 is 1.12 bits per heavy atom. The summed E-state index contributed by atoms with van der Waals surface area (Å²) in [7, 11) is 0. The van der Waals surface area contributed by atoms with Gasteiger partial charge in [0.25, 0.3) is 0 Å². The van der Waals surface area contributed by atoms with Crippen molar-refractivity contribution in [1.29, 1.82) is 0 Å². The number of carbonyl (C=O) groups is 5. The molecule has 140 valence electrons. The number of nitrogens with zero attached hydrogens (tertiary/aromatic N) is 2. The summed E-state index contributed by atoms with van der Waals surface area (Å²) in [6.45, 7) is -2.97. The van der Waals surface area contributed by atoms with Crippen LogP contribution < -0.4 is 9.80 Å². The molecule has 1 aromatic rings. The Labute approximate surface area is 146 Å². The lowest BCUT2D eigenvalue weighted by Crippen LogP contribution is -2.39. The number of aldehydes is 1. The Balaban J connectivity index is 3.50. The highest BCUT2D eigenvalue weighted by atomic mass is 16.4. The van der Waals surface area contributed by atoms with E-state index in [1.54, 1.807) is 0 Å². The summed E-state index contributed by atoms with van der Waals surface area (Å²) >= 11 is 0. The lowest BCUT2D eigenvalue weighted by Gasteiger charge is -2.29. The number of carboxylic acids is 4. The van der Waals surface area contributed by atoms with Crippen LogP contribution in [-0.2, 0) is 19.2 Å². The lowest BCUT2D eigenvalue weighted by atomic mass is 10.1. The van der Waals surface area contributed by atoms with Crippen molar-refractivity contribution in [3.63, 3.8) is 0 Å². The first-order valence-electron chi connectivity index (χ1n) is 7.10. The van der Waals surface area contributed by atoms with Gasteiger partial charge in [-0.25, -0.2) is 0 Å². The van der Waals surface area contributed by atoms with Crippen LogP contribution in [0, 0.1) is 0 Å². The number of carbonyl (C=O) groups excluding carboxylic acids is 1. The van der Waals surface area contributed by atoms with Crippen LogP contribution in [-0.4, -0.2) is 76.8 Å². The van der Waals surface area contributed by atoms with Crippen LogP contribution in [0.2, 0.25) is 0 Å². The summed E-state index contributed by atoms with van der Waals surface area (Å²) in [5, 5.41) is 36.0. The summed E-state index contributed by atoms with van der Waals surface area (Å²) in [4.78, 5) is 57.0. The quantitative estimate of drug-likeness (QED) is 0.369. The van der Waals surface area contributed by atoms with Gasteiger partial charge >= 0.3 is 23.9 Å². The molecule has 1 aromatic carbocycles. The van der Waals surface area contributed by atoms with Gasteiger partial charge in [0.05, 0.1) is 11.4 Å². The zero-order chi connectivity index (χ0) is 19.9. The highest BCUT2D eigenvalue weighted by molar-refractivity contribution is 5.90. The smallest absolute Gasteiger partial charge is 0.323 e. The van der Waals surface area contributed by atoms with Crippen LogP contribution in [0.1, 0.15) is 10.4 Å². The molecule has 0 bridgehead atoms. The molecule has 11 nitrogen and oxygen atoms in total. The second-order valence-electron chi connectivity index (χ2n) is 5.15. The second kappa shape index (κ2) is 9.01. The van der Waals surface area contributed by atoms with E-state index in [1.165, 1.54) is 18.2 Å². The minimum absolute atomic E-state index is 0.0251. The molecule has 0 atom stereocenters. The van der Waals surface area contributed by atoms with Crippen LogP contribution in [0.5, 0.6) is 0 Å². The standard InChI is InChI=1S/C15H16N2O9/c18-8-9-1-2-10(16(4-12(19)20)5-13(21)22)11(3-9)17(6-14(23)24)7-15(25)26/h1-3,8H,4-7H2,(H,19,20)(H,21,22)(H,23,24)(H,25,26). The van der Waals surface area contributed by atoms with E-state index >= 15 is 0 Å². The molecule has 11 heteroatoms. The van der Waals surface area contributed by atoms with E-state index in [9.17, 15) is 24.0 Å². The molecule has 0 aliphatic rings. The van der Waals surface area contributed by atoms with Gasteiger partial charge < -0.3 is 30.2 Å². The van der Waals surface area contributed by atoms with Gasteiger partial charge in [-0.3, -0.25) is 24.0 Å². The number of hydrogen-bond donors (Lipinski definition) is 4. The monoisotopic (exact) mass is 368 g/mol. The van der Waals surface area contributed by atoms with Crippen molar-refractivity contribution in [1.82, 2.24) is 0 Å². The zero-order valence-corrected chi connectivity index (χ0v) is 13.4. The Morgan fingerprint density at radius 3 is 1.46 bits per heavy atom.